The highest BCUT2D eigenvalue weighted by Gasteiger charge is 2.44. The van der Waals surface area contributed by atoms with Gasteiger partial charge in [-0.05, 0) is 25.2 Å². The summed E-state index contributed by atoms with van der Waals surface area (Å²) < 4.78 is 10.1. The summed E-state index contributed by atoms with van der Waals surface area (Å²) in [4.78, 5) is 21.7. The van der Waals surface area contributed by atoms with E-state index in [9.17, 15) is 9.59 Å². The number of hydrogen-bond acceptors (Lipinski definition) is 4. The zero-order valence-corrected chi connectivity index (χ0v) is 10.5. The monoisotopic (exact) mass is 244 g/mol. The van der Waals surface area contributed by atoms with Crippen LogP contribution in [0.15, 0.2) is 0 Å². The highest BCUT2D eigenvalue weighted by Crippen LogP contribution is 2.43. The Morgan fingerprint density at radius 2 is 1.71 bits per heavy atom. The molecule has 1 fully saturated rings. The molecule has 0 aromatic carbocycles. The second kappa shape index (κ2) is 4.43. The van der Waals surface area contributed by atoms with Gasteiger partial charge in [-0.3, -0.25) is 0 Å². The summed E-state index contributed by atoms with van der Waals surface area (Å²) in [5.41, 5.74) is 9.24. The van der Waals surface area contributed by atoms with Gasteiger partial charge in [0.25, 0.3) is 0 Å². The van der Waals surface area contributed by atoms with Crippen LogP contribution in [0.4, 0.5) is 9.59 Å². The maximum Gasteiger partial charge on any atom is 0.405 e. The van der Waals surface area contributed by atoms with Gasteiger partial charge in [0.2, 0.25) is 0 Å². The molecule has 0 radical (unpaired) electrons. The molecule has 1 rings (SSSR count). The molecule has 2 atom stereocenters. The van der Waals surface area contributed by atoms with E-state index in [0.29, 0.717) is 19.3 Å². The number of carbonyl (C=O) groups is 2. The van der Waals surface area contributed by atoms with Crippen molar-refractivity contribution >= 4 is 12.2 Å². The van der Waals surface area contributed by atoms with Gasteiger partial charge in [-0.25, -0.2) is 9.59 Å². The molecule has 1 saturated carbocycles. The minimum Gasteiger partial charge on any atom is -0.446 e. The van der Waals surface area contributed by atoms with Gasteiger partial charge in [0.15, 0.2) is 0 Å². The predicted octanol–water partition coefficient (Wildman–Crippen LogP) is 1.51. The van der Waals surface area contributed by atoms with Gasteiger partial charge in [-0.15, -0.1) is 0 Å². The molecule has 1 aliphatic carbocycles. The molecule has 0 aromatic heterocycles. The molecule has 0 aliphatic heterocycles. The molecule has 0 heterocycles. The Balaban J connectivity index is 2.79. The van der Waals surface area contributed by atoms with Crippen LogP contribution in [0.25, 0.3) is 0 Å². The largest absolute Gasteiger partial charge is 0.446 e. The standard InChI is InChI=1S/C11H20N2O4/c1-10(2)4-7(16-8(12)14)5-11(3,6-10)17-9(13)15/h7H,4-6H2,1-3H3,(H2,12,14)(H2,13,15). The lowest BCUT2D eigenvalue weighted by molar-refractivity contribution is -0.0817. The number of hydrogen-bond donors (Lipinski definition) is 2. The summed E-state index contributed by atoms with van der Waals surface area (Å²) in [5.74, 6) is 0. The molecule has 0 bridgehead atoms. The van der Waals surface area contributed by atoms with Gasteiger partial charge >= 0.3 is 12.2 Å². The maximum atomic E-state index is 10.9. The van der Waals surface area contributed by atoms with Crippen LogP contribution in [0.3, 0.4) is 0 Å². The van der Waals surface area contributed by atoms with Crippen molar-refractivity contribution in [3.05, 3.63) is 0 Å². The third-order valence-electron chi connectivity index (χ3n) is 2.92. The quantitative estimate of drug-likeness (QED) is 0.768. The Bertz CT molecular complexity index is 329. The van der Waals surface area contributed by atoms with Crippen molar-refractivity contribution in [3.63, 3.8) is 0 Å². The topological polar surface area (TPSA) is 105 Å². The first-order valence-electron chi connectivity index (χ1n) is 5.56. The SMILES string of the molecule is CC1(C)CC(OC(N)=O)CC(C)(OC(N)=O)C1. The number of carbonyl (C=O) groups excluding carboxylic acids is 2. The van der Waals surface area contributed by atoms with Crippen molar-refractivity contribution in [2.24, 2.45) is 16.9 Å². The van der Waals surface area contributed by atoms with Crippen LogP contribution in [0.5, 0.6) is 0 Å². The molecule has 4 N–H and O–H groups in total. The summed E-state index contributed by atoms with van der Waals surface area (Å²) >= 11 is 0. The Morgan fingerprint density at radius 1 is 1.12 bits per heavy atom. The zero-order valence-electron chi connectivity index (χ0n) is 10.5. The van der Waals surface area contributed by atoms with Gasteiger partial charge in [0, 0.05) is 6.42 Å². The number of primary amides is 2. The maximum absolute atomic E-state index is 10.9. The van der Waals surface area contributed by atoms with Crippen molar-refractivity contribution in [2.45, 2.75) is 51.7 Å². The molecule has 0 saturated heterocycles. The molecule has 2 amide bonds. The number of ether oxygens (including phenoxy) is 2. The summed E-state index contributed by atoms with van der Waals surface area (Å²) in [6.45, 7) is 5.83. The highest BCUT2D eigenvalue weighted by molar-refractivity contribution is 5.65. The molecule has 1 aliphatic rings. The van der Waals surface area contributed by atoms with Gasteiger partial charge in [0.05, 0.1) is 0 Å². The average Bonchev–Trinajstić information content (AvgIpc) is 1.93. The number of nitrogens with two attached hydrogens (primary N) is 2. The summed E-state index contributed by atoms with van der Waals surface area (Å²) in [6, 6.07) is 0. The van der Waals surface area contributed by atoms with E-state index in [-0.39, 0.29) is 11.5 Å². The third-order valence-corrected chi connectivity index (χ3v) is 2.92. The van der Waals surface area contributed by atoms with Crippen molar-refractivity contribution in [1.82, 2.24) is 0 Å². The molecule has 2 unspecified atom stereocenters. The van der Waals surface area contributed by atoms with Gasteiger partial charge in [-0.2, -0.15) is 0 Å². The fourth-order valence-electron chi connectivity index (χ4n) is 2.89. The molecule has 0 spiro atoms. The first-order chi connectivity index (χ1) is 7.62. The highest BCUT2D eigenvalue weighted by atomic mass is 16.6. The minimum absolute atomic E-state index is 0.109. The second-order valence-corrected chi connectivity index (χ2v) is 5.68. The predicted molar refractivity (Wildman–Crippen MR) is 61.2 cm³/mol. The van der Waals surface area contributed by atoms with E-state index < -0.39 is 17.8 Å². The molecular formula is C11H20N2O4. The Kier molecular flexibility index (Phi) is 3.54. The molecule has 17 heavy (non-hydrogen) atoms. The van der Waals surface area contributed by atoms with Crippen molar-refractivity contribution in [1.29, 1.82) is 0 Å². The van der Waals surface area contributed by atoms with E-state index in [1.165, 1.54) is 0 Å². The Labute approximate surface area is 101 Å². The number of rotatable bonds is 2. The summed E-state index contributed by atoms with van der Waals surface area (Å²) in [7, 11) is 0. The van der Waals surface area contributed by atoms with E-state index in [2.05, 4.69) is 0 Å². The molecular weight excluding hydrogens is 224 g/mol. The third kappa shape index (κ3) is 4.13. The average molecular weight is 244 g/mol. The second-order valence-electron chi connectivity index (χ2n) is 5.68. The summed E-state index contributed by atoms with van der Waals surface area (Å²) in [6.07, 6.45) is -0.199. The van der Waals surface area contributed by atoms with Gasteiger partial charge in [-0.1, -0.05) is 13.8 Å². The normalized spacial score (nSPS) is 31.6. The lowest BCUT2D eigenvalue weighted by Crippen LogP contribution is -2.48. The number of amides is 2. The van der Waals surface area contributed by atoms with Gasteiger partial charge < -0.3 is 20.9 Å². The lowest BCUT2D eigenvalue weighted by Gasteiger charge is -2.44. The lowest BCUT2D eigenvalue weighted by atomic mass is 9.69. The van der Waals surface area contributed by atoms with E-state index in [1.54, 1.807) is 6.92 Å². The zero-order chi connectivity index (χ0) is 13.3. The van der Waals surface area contributed by atoms with Gasteiger partial charge in [0.1, 0.15) is 11.7 Å². The molecule has 6 nitrogen and oxygen atoms in total. The fourth-order valence-corrected chi connectivity index (χ4v) is 2.89. The fraction of sp³-hybridized carbons (Fsp3) is 0.818. The van der Waals surface area contributed by atoms with E-state index in [4.69, 9.17) is 20.9 Å². The van der Waals surface area contributed by atoms with E-state index in [0.717, 1.165) is 0 Å². The summed E-state index contributed by atoms with van der Waals surface area (Å²) in [5, 5.41) is 0. The first kappa shape index (κ1) is 13.6. The van der Waals surface area contributed by atoms with Crippen LogP contribution in [0.1, 0.15) is 40.0 Å². The van der Waals surface area contributed by atoms with Crippen LogP contribution in [-0.4, -0.2) is 23.9 Å². The van der Waals surface area contributed by atoms with Crippen LogP contribution < -0.4 is 11.5 Å². The van der Waals surface area contributed by atoms with Crippen molar-refractivity contribution in [3.8, 4) is 0 Å². The van der Waals surface area contributed by atoms with Crippen molar-refractivity contribution < 1.29 is 19.1 Å². The minimum atomic E-state index is -0.817. The van der Waals surface area contributed by atoms with E-state index in [1.807, 2.05) is 13.8 Å². The van der Waals surface area contributed by atoms with Crippen LogP contribution in [0, 0.1) is 5.41 Å². The Hall–Kier alpha value is -1.46. The van der Waals surface area contributed by atoms with Crippen molar-refractivity contribution in [2.75, 3.05) is 0 Å². The first-order valence-corrected chi connectivity index (χ1v) is 5.56. The molecule has 0 aromatic rings. The van der Waals surface area contributed by atoms with Crippen LogP contribution in [0.2, 0.25) is 0 Å². The van der Waals surface area contributed by atoms with Crippen LogP contribution in [-0.2, 0) is 9.47 Å². The molecule has 98 valence electrons. The Morgan fingerprint density at radius 3 is 2.18 bits per heavy atom. The smallest absolute Gasteiger partial charge is 0.405 e. The van der Waals surface area contributed by atoms with Crippen LogP contribution >= 0.6 is 0 Å². The molecule has 6 heteroatoms. The van der Waals surface area contributed by atoms with E-state index >= 15 is 0 Å².